The molecule has 1 rings (SSSR count). The molecule has 0 saturated heterocycles. The average Bonchev–Trinajstić information content (AvgIpc) is 2.47. The third kappa shape index (κ3) is 6.11. The first-order valence-electron chi connectivity index (χ1n) is 7.79. The van der Waals surface area contributed by atoms with Gasteiger partial charge in [0.15, 0.2) is 0 Å². The summed E-state index contributed by atoms with van der Waals surface area (Å²) in [6.07, 6.45) is 0. The molecule has 0 aliphatic rings. The number of sulfonamides is 1. The summed E-state index contributed by atoms with van der Waals surface area (Å²) in [5.41, 5.74) is 7.68. The Bertz CT molecular complexity index is 723. The van der Waals surface area contributed by atoms with E-state index >= 15 is 0 Å². The zero-order valence-electron chi connectivity index (χ0n) is 14.9. The quantitative estimate of drug-likeness (QED) is 0.432. The largest absolute Gasteiger partial charge is 0.464 e. The second-order valence-corrected chi connectivity index (χ2v) is 7.42. The van der Waals surface area contributed by atoms with Crippen LogP contribution in [-0.2, 0) is 24.3 Å². The number of carbonyl (C=O) groups excluding carboxylic acids is 2. The minimum absolute atomic E-state index is 0.00128. The lowest BCUT2D eigenvalue weighted by molar-refractivity contribution is -0.141. The molecule has 0 aromatic heterocycles. The minimum Gasteiger partial charge on any atom is -0.464 e. The zero-order valence-corrected chi connectivity index (χ0v) is 15.7. The molecule has 140 valence electrons. The lowest BCUT2D eigenvalue weighted by Crippen LogP contribution is -2.51. The molecule has 1 atom stereocenters. The first-order chi connectivity index (χ1) is 11.6. The summed E-state index contributed by atoms with van der Waals surface area (Å²) in [5.74, 6) is -1.05. The second kappa shape index (κ2) is 8.93. The van der Waals surface area contributed by atoms with Gasteiger partial charge in [0.25, 0.3) is 0 Å². The van der Waals surface area contributed by atoms with E-state index in [0.29, 0.717) is 11.1 Å². The van der Waals surface area contributed by atoms with Crippen LogP contribution in [0.2, 0.25) is 0 Å². The summed E-state index contributed by atoms with van der Waals surface area (Å²) >= 11 is 0. The number of carbonyl (C=O) groups is 2. The maximum atomic E-state index is 12.7. The topological polar surface area (TPSA) is 128 Å². The Kier molecular flexibility index (Phi) is 7.53. The predicted molar refractivity (Wildman–Crippen MR) is 93.5 cm³/mol. The highest BCUT2D eigenvalue weighted by atomic mass is 32.2. The van der Waals surface area contributed by atoms with Crippen molar-refractivity contribution < 1.29 is 22.7 Å². The van der Waals surface area contributed by atoms with E-state index in [1.165, 1.54) is 6.92 Å². The molecule has 1 aromatic carbocycles. The summed E-state index contributed by atoms with van der Waals surface area (Å²) in [6, 6.07) is 2.40. The Hall–Kier alpha value is -1.97. The third-order valence-electron chi connectivity index (χ3n) is 3.43. The van der Waals surface area contributed by atoms with E-state index in [0.717, 1.165) is 5.56 Å². The average molecular weight is 371 g/mol. The summed E-state index contributed by atoms with van der Waals surface area (Å²) < 4.78 is 32.4. The number of esters is 1. The monoisotopic (exact) mass is 371 g/mol. The van der Waals surface area contributed by atoms with E-state index in [2.05, 4.69) is 10.0 Å². The number of benzene rings is 1. The summed E-state index contributed by atoms with van der Waals surface area (Å²) in [7, 11) is -3.91. The van der Waals surface area contributed by atoms with E-state index < -0.39 is 27.9 Å². The van der Waals surface area contributed by atoms with Crippen molar-refractivity contribution in [3.05, 3.63) is 28.8 Å². The van der Waals surface area contributed by atoms with Crippen LogP contribution in [-0.4, -0.2) is 46.0 Å². The van der Waals surface area contributed by atoms with Crippen molar-refractivity contribution in [2.75, 3.05) is 19.7 Å². The number of nitrogens with two attached hydrogens (primary N) is 1. The Morgan fingerprint density at radius 1 is 1.20 bits per heavy atom. The molecule has 0 fully saturated rings. The smallest absolute Gasteiger partial charge is 0.302 e. The molecule has 0 aliphatic carbocycles. The van der Waals surface area contributed by atoms with Crippen LogP contribution in [0.4, 0.5) is 0 Å². The molecule has 9 heteroatoms. The highest BCUT2D eigenvalue weighted by molar-refractivity contribution is 7.89. The van der Waals surface area contributed by atoms with Crippen LogP contribution >= 0.6 is 0 Å². The summed E-state index contributed by atoms with van der Waals surface area (Å²) in [6.45, 7) is 6.40. The fraction of sp³-hybridized carbons (Fsp3) is 0.500. The number of hydrogen-bond acceptors (Lipinski definition) is 6. The number of rotatable bonds is 8. The molecule has 1 amide bonds. The number of hydrogen-bond donors (Lipinski definition) is 3. The highest BCUT2D eigenvalue weighted by Crippen LogP contribution is 2.21. The standard InChI is InChI=1S/C16H25N3O5S/c1-10-7-11(2)15(12(3)8-10)25(22,23)19-14(9-17)16(21)18-5-6-24-13(4)20/h7-8,14,19H,5-6,9,17H2,1-4H3,(H,18,21). The molecule has 1 aromatic rings. The van der Waals surface area contributed by atoms with Gasteiger partial charge in [-0.1, -0.05) is 17.7 Å². The first kappa shape index (κ1) is 21.1. The highest BCUT2D eigenvalue weighted by Gasteiger charge is 2.27. The van der Waals surface area contributed by atoms with Crippen molar-refractivity contribution in [3.63, 3.8) is 0 Å². The fourth-order valence-corrected chi connectivity index (χ4v) is 4.20. The van der Waals surface area contributed by atoms with Crippen molar-refractivity contribution >= 4 is 21.9 Å². The van der Waals surface area contributed by atoms with Crippen LogP contribution in [0.15, 0.2) is 17.0 Å². The van der Waals surface area contributed by atoms with Crippen molar-refractivity contribution in [2.45, 2.75) is 38.6 Å². The normalized spacial score (nSPS) is 12.5. The number of amides is 1. The van der Waals surface area contributed by atoms with Gasteiger partial charge in [-0.25, -0.2) is 8.42 Å². The number of ether oxygens (including phenoxy) is 1. The molecule has 4 N–H and O–H groups in total. The molecule has 0 spiro atoms. The Morgan fingerprint density at radius 3 is 2.24 bits per heavy atom. The molecular weight excluding hydrogens is 346 g/mol. The van der Waals surface area contributed by atoms with Crippen molar-refractivity contribution in [1.82, 2.24) is 10.0 Å². The number of nitrogens with one attached hydrogen (secondary N) is 2. The van der Waals surface area contributed by atoms with E-state index in [4.69, 9.17) is 10.5 Å². The van der Waals surface area contributed by atoms with Crippen molar-refractivity contribution in [1.29, 1.82) is 0 Å². The van der Waals surface area contributed by atoms with Gasteiger partial charge in [0, 0.05) is 13.5 Å². The van der Waals surface area contributed by atoms with E-state index in [9.17, 15) is 18.0 Å². The molecule has 0 bridgehead atoms. The van der Waals surface area contributed by atoms with Gasteiger partial charge in [-0.3, -0.25) is 9.59 Å². The third-order valence-corrected chi connectivity index (χ3v) is 5.21. The maximum absolute atomic E-state index is 12.7. The molecule has 25 heavy (non-hydrogen) atoms. The van der Waals surface area contributed by atoms with E-state index in [1.807, 2.05) is 6.92 Å². The molecule has 0 radical (unpaired) electrons. The predicted octanol–water partition coefficient (Wildman–Crippen LogP) is -0.103. The minimum atomic E-state index is -3.91. The second-order valence-electron chi connectivity index (χ2n) is 5.77. The Morgan fingerprint density at radius 2 is 1.76 bits per heavy atom. The number of aryl methyl sites for hydroxylation is 3. The van der Waals surface area contributed by atoms with Gasteiger partial charge in [-0.15, -0.1) is 0 Å². The first-order valence-corrected chi connectivity index (χ1v) is 9.28. The molecule has 8 nitrogen and oxygen atoms in total. The Labute approximate surface area is 148 Å². The van der Waals surface area contributed by atoms with Gasteiger partial charge in [-0.2, -0.15) is 4.72 Å². The van der Waals surface area contributed by atoms with Crippen LogP contribution in [0.5, 0.6) is 0 Å². The summed E-state index contributed by atoms with van der Waals surface area (Å²) in [5, 5.41) is 2.48. The van der Waals surface area contributed by atoms with E-state index in [-0.39, 0.29) is 24.6 Å². The van der Waals surface area contributed by atoms with Gasteiger partial charge in [0.2, 0.25) is 15.9 Å². The molecule has 0 aliphatic heterocycles. The van der Waals surface area contributed by atoms with Crippen molar-refractivity contribution in [2.24, 2.45) is 5.73 Å². The van der Waals surface area contributed by atoms with Gasteiger partial charge < -0.3 is 15.8 Å². The molecule has 0 saturated carbocycles. The molecular formula is C16H25N3O5S. The van der Waals surface area contributed by atoms with Crippen LogP contribution in [0, 0.1) is 20.8 Å². The lowest BCUT2D eigenvalue weighted by atomic mass is 10.1. The lowest BCUT2D eigenvalue weighted by Gasteiger charge is -2.19. The summed E-state index contributed by atoms with van der Waals surface area (Å²) in [4.78, 5) is 22.9. The fourth-order valence-electron chi connectivity index (χ4n) is 2.54. The SMILES string of the molecule is CC(=O)OCCNC(=O)C(CN)NS(=O)(=O)c1c(C)cc(C)cc1C. The van der Waals surface area contributed by atoms with Gasteiger partial charge in [0.05, 0.1) is 11.4 Å². The molecule has 1 unspecified atom stereocenters. The van der Waals surface area contributed by atoms with Gasteiger partial charge in [-0.05, 0) is 31.9 Å². The zero-order chi connectivity index (χ0) is 19.2. The Balaban J connectivity index is 2.86. The maximum Gasteiger partial charge on any atom is 0.302 e. The van der Waals surface area contributed by atoms with Gasteiger partial charge >= 0.3 is 5.97 Å². The van der Waals surface area contributed by atoms with Crippen LogP contribution in [0.3, 0.4) is 0 Å². The van der Waals surface area contributed by atoms with Gasteiger partial charge in [0.1, 0.15) is 12.6 Å². The van der Waals surface area contributed by atoms with Crippen LogP contribution < -0.4 is 15.8 Å². The van der Waals surface area contributed by atoms with Crippen molar-refractivity contribution in [3.8, 4) is 0 Å². The van der Waals surface area contributed by atoms with E-state index in [1.54, 1.807) is 26.0 Å². The molecule has 0 heterocycles. The van der Waals surface area contributed by atoms with Crippen LogP contribution in [0.1, 0.15) is 23.6 Å². The van der Waals surface area contributed by atoms with Crippen LogP contribution in [0.25, 0.3) is 0 Å².